The van der Waals surface area contributed by atoms with E-state index in [1.54, 1.807) is 14.2 Å². The van der Waals surface area contributed by atoms with Crippen molar-refractivity contribution < 1.29 is 9.47 Å². The first-order valence-electron chi connectivity index (χ1n) is 7.16. The number of benzene rings is 1. The number of hydrogen-bond acceptors (Lipinski definition) is 4. The molecule has 0 atom stereocenters. The first-order valence-corrected chi connectivity index (χ1v) is 7.16. The maximum absolute atomic E-state index is 5.35. The topological polar surface area (TPSA) is 48.3 Å². The second kappa shape index (κ2) is 7.02. The van der Waals surface area contributed by atoms with Crippen molar-refractivity contribution in [3.05, 3.63) is 35.7 Å². The average Bonchev–Trinajstić information content (AvgIpc) is 2.93. The minimum atomic E-state index is 0.729. The van der Waals surface area contributed by atoms with Gasteiger partial charge in [0.05, 0.1) is 26.5 Å². The molecule has 1 heterocycles. The molecule has 21 heavy (non-hydrogen) atoms. The molecule has 0 aliphatic rings. The molecule has 2 rings (SSSR count). The minimum absolute atomic E-state index is 0.729. The predicted molar refractivity (Wildman–Crippen MR) is 84.1 cm³/mol. The van der Waals surface area contributed by atoms with Crippen LogP contribution in [-0.2, 0) is 13.1 Å². The van der Waals surface area contributed by atoms with Crippen LogP contribution >= 0.6 is 0 Å². The van der Waals surface area contributed by atoms with Crippen molar-refractivity contribution >= 4 is 5.69 Å². The summed E-state index contributed by atoms with van der Waals surface area (Å²) in [7, 11) is 3.29. The molecular formula is C16H23N3O2. The summed E-state index contributed by atoms with van der Waals surface area (Å²) in [5, 5.41) is 7.78. The van der Waals surface area contributed by atoms with Crippen molar-refractivity contribution in [1.82, 2.24) is 9.78 Å². The van der Waals surface area contributed by atoms with E-state index in [1.165, 1.54) is 5.69 Å². The van der Waals surface area contributed by atoms with Gasteiger partial charge >= 0.3 is 0 Å². The van der Waals surface area contributed by atoms with Gasteiger partial charge in [-0.3, -0.25) is 4.68 Å². The zero-order valence-corrected chi connectivity index (χ0v) is 13.1. The quantitative estimate of drug-likeness (QED) is 0.850. The molecule has 5 nitrogen and oxygen atoms in total. The van der Waals surface area contributed by atoms with E-state index in [4.69, 9.17) is 9.47 Å². The largest absolute Gasteiger partial charge is 0.493 e. The van der Waals surface area contributed by atoms with Crippen molar-refractivity contribution in [3.8, 4) is 11.5 Å². The van der Waals surface area contributed by atoms with Gasteiger partial charge in [-0.15, -0.1) is 0 Å². The van der Waals surface area contributed by atoms with E-state index >= 15 is 0 Å². The molecule has 0 bridgehead atoms. The zero-order valence-electron chi connectivity index (χ0n) is 13.1. The Morgan fingerprint density at radius 2 is 1.90 bits per heavy atom. The lowest BCUT2D eigenvalue weighted by atomic mass is 10.1. The van der Waals surface area contributed by atoms with Gasteiger partial charge < -0.3 is 14.8 Å². The molecule has 0 saturated carbocycles. The molecule has 2 aromatic rings. The van der Waals surface area contributed by atoms with Crippen LogP contribution in [0.2, 0.25) is 0 Å². The van der Waals surface area contributed by atoms with E-state index in [1.807, 2.05) is 36.0 Å². The van der Waals surface area contributed by atoms with Crippen molar-refractivity contribution in [1.29, 1.82) is 0 Å². The van der Waals surface area contributed by atoms with E-state index < -0.39 is 0 Å². The molecule has 0 aliphatic carbocycles. The molecule has 1 N–H and O–H groups in total. The lowest BCUT2D eigenvalue weighted by Gasteiger charge is -2.15. The Morgan fingerprint density at radius 1 is 1.19 bits per heavy atom. The van der Waals surface area contributed by atoms with Gasteiger partial charge in [0, 0.05) is 24.5 Å². The fourth-order valence-electron chi connectivity index (χ4n) is 2.28. The van der Waals surface area contributed by atoms with Gasteiger partial charge in [0.25, 0.3) is 0 Å². The van der Waals surface area contributed by atoms with Gasteiger partial charge in [0.2, 0.25) is 0 Å². The van der Waals surface area contributed by atoms with Crippen molar-refractivity contribution in [2.75, 3.05) is 19.5 Å². The molecule has 114 valence electrons. The Hall–Kier alpha value is -2.17. The summed E-state index contributed by atoms with van der Waals surface area (Å²) in [4.78, 5) is 0. The van der Waals surface area contributed by atoms with E-state index in [0.29, 0.717) is 0 Å². The van der Waals surface area contributed by atoms with Crippen molar-refractivity contribution in [3.63, 3.8) is 0 Å². The Bertz CT molecular complexity index is 593. The number of nitrogens with one attached hydrogen (secondary N) is 1. The number of aromatic nitrogens is 2. The van der Waals surface area contributed by atoms with Crippen LogP contribution in [0.25, 0.3) is 0 Å². The van der Waals surface area contributed by atoms with Crippen LogP contribution in [-0.4, -0.2) is 24.0 Å². The lowest BCUT2D eigenvalue weighted by Crippen LogP contribution is -2.09. The third-order valence-corrected chi connectivity index (χ3v) is 3.43. The molecule has 5 heteroatoms. The number of ether oxygens (including phenoxy) is 2. The number of rotatable bonds is 7. The summed E-state index contributed by atoms with van der Waals surface area (Å²) < 4.78 is 12.7. The van der Waals surface area contributed by atoms with Gasteiger partial charge in [0.15, 0.2) is 11.5 Å². The Labute approximate surface area is 125 Å². The summed E-state index contributed by atoms with van der Waals surface area (Å²) in [5.41, 5.74) is 3.33. The second-order valence-electron chi connectivity index (χ2n) is 4.92. The number of methoxy groups -OCH3 is 2. The highest BCUT2D eigenvalue weighted by Crippen LogP contribution is 2.33. The highest BCUT2D eigenvalue weighted by molar-refractivity contribution is 5.60. The second-order valence-corrected chi connectivity index (χ2v) is 4.92. The van der Waals surface area contributed by atoms with Crippen LogP contribution in [0.3, 0.4) is 0 Å². The fraction of sp³-hybridized carbons (Fsp3) is 0.438. The van der Waals surface area contributed by atoms with Crippen LogP contribution in [0.15, 0.2) is 24.4 Å². The molecule has 0 saturated heterocycles. The molecule has 0 fully saturated rings. The number of nitrogens with zero attached hydrogens (tertiary/aromatic N) is 2. The number of anilines is 1. The van der Waals surface area contributed by atoms with E-state index in [9.17, 15) is 0 Å². The Balaban J connectivity index is 2.14. The standard InChI is InChI=1S/C16H23N3O2/c1-5-8-19-13(6-7-18-19)11-17-14-10-16(21-4)15(20-3)9-12(14)2/h6-7,9-10,17H,5,8,11H2,1-4H3. The first kappa shape index (κ1) is 15.2. The van der Waals surface area contributed by atoms with Crippen LogP contribution in [0, 0.1) is 6.92 Å². The fourth-order valence-corrected chi connectivity index (χ4v) is 2.28. The van der Waals surface area contributed by atoms with E-state index in [-0.39, 0.29) is 0 Å². The molecule has 0 radical (unpaired) electrons. The molecule has 1 aromatic heterocycles. The summed E-state index contributed by atoms with van der Waals surface area (Å²) in [5.74, 6) is 1.48. The maximum atomic E-state index is 5.35. The molecule has 0 spiro atoms. The zero-order chi connectivity index (χ0) is 15.2. The molecule has 0 unspecified atom stereocenters. The lowest BCUT2D eigenvalue weighted by molar-refractivity contribution is 0.355. The minimum Gasteiger partial charge on any atom is -0.493 e. The van der Waals surface area contributed by atoms with Gasteiger partial charge in [-0.2, -0.15) is 5.10 Å². The van der Waals surface area contributed by atoms with Crippen LogP contribution in [0.1, 0.15) is 24.6 Å². The monoisotopic (exact) mass is 289 g/mol. The molecule has 0 aliphatic heterocycles. The average molecular weight is 289 g/mol. The predicted octanol–water partition coefficient (Wildman–Crippen LogP) is 3.23. The first-order chi connectivity index (χ1) is 10.2. The maximum Gasteiger partial charge on any atom is 0.162 e. The third-order valence-electron chi connectivity index (χ3n) is 3.43. The van der Waals surface area contributed by atoms with Crippen LogP contribution < -0.4 is 14.8 Å². The van der Waals surface area contributed by atoms with Crippen LogP contribution in [0.4, 0.5) is 5.69 Å². The smallest absolute Gasteiger partial charge is 0.162 e. The molecular weight excluding hydrogens is 266 g/mol. The normalized spacial score (nSPS) is 10.5. The summed E-state index contributed by atoms with van der Waals surface area (Å²) in [6, 6.07) is 5.98. The van der Waals surface area contributed by atoms with Crippen LogP contribution in [0.5, 0.6) is 11.5 Å². The highest BCUT2D eigenvalue weighted by atomic mass is 16.5. The summed E-state index contributed by atoms with van der Waals surface area (Å²) in [6.45, 7) is 5.87. The molecule has 0 amide bonds. The van der Waals surface area contributed by atoms with Gasteiger partial charge in [0.1, 0.15) is 0 Å². The van der Waals surface area contributed by atoms with Crippen molar-refractivity contribution in [2.24, 2.45) is 0 Å². The van der Waals surface area contributed by atoms with Gasteiger partial charge in [-0.1, -0.05) is 6.92 Å². The highest BCUT2D eigenvalue weighted by Gasteiger charge is 2.09. The van der Waals surface area contributed by atoms with E-state index in [2.05, 4.69) is 17.3 Å². The Morgan fingerprint density at radius 3 is 2.57 bits per heavy atom. The molecule has 1 aromatic carbocycles. The Kier molecular flexibility index (Phi) is 5.09. The van der Waals surface area contributed by atoms with E-state index in [0.717, 1.165) is 42.3 Å². The number of aryl methyl sites for hydroxylation is 2. The van der Waals surface area contributed by atoms with Gasteiger partial charge in [-0.05, 0) is 31.0 Å². The van der Waals surface area contributed by atoms with Gasteiger partial charge in [-0.25, -0.2) is 0 Å². The van der Waals surface area contributed by atoms with Crippen molar-refractivity contribution in [2.45, 2.75) is 33.4 Å². The SMILES string of the molecule is CCCn1nccc1CNc1cc(OC)c(OC)cc1C. The summed E-state index contributed by atoms with van der Waals surface area (Å²) in [6.07, 6.45) is 2.91. The summed E-state index contributed by atoms with van der Waals surface area (Å²) >= 11 is 0. The number of hydrogen-bond donors (Lipinski definition) is 1. The third kappa shape index (κ3) is 3.48.